The number of nitrogens with zero attached hydrogens (tertiary/aromatic N) is 1. The summed E-state index contributed by atoms with van der Waals surface area (Å²) in [5.74, 6) is 1.25. The summed E-state index contributed by atoms with van der Waals surface area (Å²) in [6.45, 7) is 2.23. The number of halogens is 1. The van der Waals surface area contributed by atoms with Gasteiger partial charge >= 0.3 is 0 Å². The van der Waals surface area contributed by atoms with Gasteiger partial charge < -0.3 is 19.1 Å². The van der Waals surface area contributed by atoms with E-state index in [0.717, 1.165) is 18.7 Å². The Morgan fingerprint density at radius 2 is 1.69 bits per heavy atom. The molecule has 1 heterocycles. The molecule has 3 aromatic carbocycles. The van der Waals surface area contributed by atoms with Crippen LogP contribution in [0.25, 0.3) is 0 Å². The van der Waals surface area contributed by atoms with Crippen LogP contribution in [-0.4, -0.2) is 32.9 Å². The lowest BCUT2D eigenvalue weighted by atomic mass is 10.0. The Kier molecular flexibility index (Phi) is 6.23. The Bertz CT molecular complexity index is 920. The van der Waals surface area contributed by atoms with Crippen molar-refractivity contribution in [2.45, 2.75) is 12.2 Å². The van der Waals surface area contributed by atoms with Gasteiger partial charge in [-0.1, -0.05) is 60.1 Å². The van der Waals surface area contributed by atoms with E-state index in [1.807, 2.05) is 30.3 Å². The van der Waals surface area contributed by atoms with E-state index in [4.69, 9.17) is 25.8 Å². The Hall–Kier alpha value is -2.69. The minimum absolute atomic E-state index is 0.133. The van der Waals surface area contributed by atoms with Gasteiger partial charge in [-0.05, 0) is 29.8 Å². The number of hydrogen-bond acceptors (Lipinski definition) is 4. The highest BCUT2D eigenvalue weighted by molar-refractivity contribution is 6.30. The zero-order chi connectivity index (χ0) is 20.1. The normalized spacial score (nSPS) is 17.6. The van der Waals surface area contributed by atoms with E-state index in [9.17, 15) is 0 Å². The molecule has 1 fully saturated rings. The van der Waals surface area contributed by atoms with Crippen molar-refractivity contribution in [2.24, 2.45) is 0 Å². The quantitative estimate of drug-likeness (QED) is 0.547. The Labute approximate surface area is 176 Å². The third-order valence-corrected chi connectivity index (χ3v) is 5.30. The molecule has 1 aliphatic heterocycles. The van der Waals surface area contributed by atoms with Crippen molar-refractivity contribution in [1.29, 1.82) is 0 Å². The van der Waals surface area contributed by atoms with Gasteiger partial charge in [-0.2, -0.15) is 0 Å². The lowest BCUT2D eigenvalue weighted by Crippen LogP contribution is -2.46. The molecule has 0 bridgehead atoms. The largest absolute Gasteiger partial charge is 0.493 e. The van der Waals surface area contributed by atoms with Crippen LogP contribution in [-0.2, 0) is 4.74 Å². The fourth-order valence-electron chi connectivity index (χ4n) is 3.61. The molecule has 0 radical (unpaired) electrons. The highest BCUT2D eigenvalue weighted by Crippen LogP contribution is 2.36. The van der Waals surface area contributed by atoms with Crippen LogP contribution in [0.2, 0.25) is 5.02 Å². The second-order valence-corrected chi connectivity index (χ2v) is 7.37. The number of hydrogen-bond donors (Lipinski definition) is 0. The van der Waals surface area contributed by atoms with Crippen LogP contribution in [0, 0.1) is 0 Å². The molecule has 0 aromatic heterocycles. The molecule has 0 spiro atoms. The van der Waals surface area contributed by atoms with E-state index in [1.54, 1.807) is 19.2 Å². The number of benzene rings is 3. The Balaban J connectivity index is 1.63. The van der Waals surface area contributed by atoms with Gasteiger partial charge in [0, 0.05) is 29.9 Å². The molecule has 0 saturated carbocycles. The lowest BCUT2D eigenvalue weighted by molar-refractivity contribution is -0.0355. The smallest absolute Gasteiger partial charge is 0.162 e. The van der Waals surface area contributed by atoms with Crippen LogP contribution in [0.15, 0.2) is 78.9 Å². The maximum Gasteiger partial charge on any atom is 0.162 e. The minimum atomic E-state index is -0.280. The average Bonchev–Trinajstić information content (AvgIpc) is 2.79. The zero-order valence-corrected chi connectivity index (χ0v) is 17.1. The molecular formula is C24H24ClNO3. The summed E-state index contributed by atoms with van der Waals surface area (Å²) >= 11 is 6.12. The predicted molar refractivity (Wildman–Crippen MR) is 116 cm³/mol. The maximum atomic E-state index is 6.47. The van der Waals surface area contributed by atoms with Crippen molar-refractivity contribution >= 4 is 17.3 Å². The van der Waals surface area contributed by atoms with Gasteiger partial charge in [0.25, 0.3) is 0 Å². The molecule has 0 amide bonds. The Morgan fingerprint density at radius 3 is 2.41 bits per heavy atom. The summed E-state index contributed by atoms with van der Waals surface area (Å²) in [5.41, 5.74) is 2.25. The number of rotatable bonds is 6. The first kappa shape index (κ1) is 19.6. The van der Waals surface area contributed by atoms with E-state index in [0.29, 0.717) is 23.1 Å². The highest BCUT2D eigenvalue weighted by atomic mass is 35.5. The van der Waals surface area contributed by atoms with Gasteiger partial charge in [0.15, 0.2) is 17.6 Å². The van der Waals surface area contributed by atoms with Gasteiger partial charge in [-0.3, -0.25) is 0 Å². The summed E-state index contributed by atoms with van der Waals surface area (Å²) in [5, 5.41) is 0.606. The van der Waals surface area contributed by atoms with E-state index < -0.39 is 0 Å². The van der Waals surface area contributed by atoms with Crippen LogP contribution in [0.1, 0.15) is 11.7 Å². The summed E-state index contributed by atoms with van der Waals surface area (Å²) in [7, 11) is 1.62. The van der Waals surface area contributed by atoms with Gasteiger partial charge in [0.05, 0.1) is 13.7 Å². The molecular weight excluding hydrogens is 386 g/mol. The molecule has 0 N–H and O–H groups in total. The lowest BCUT2D eigenvalue weighted by Gasteiger charge is -2.38. The standard InChI is InChI=1S/C24H24ClNO3/c1-27-22-16-19(25)12-13-21(22)29-24(18-8-4-2-5-9-18)23-17-26(14-15-28-23)20-10-6-3-7-11-20/h2-13,16,23-24H,14-15,17H2,1H3/t23-,24-/m0/s1. The molecule has 29 heavy (non-hydrogen) atoms. The third kappa shape index (κ3) is 4.66. The second-order valence-electron chi connectivity index (χ2n) is 6.94. The van der Waals surface area contributed by atoms with Gasteiger partial charge in [0.2, 0.25) is 0 Å². The molecule has 4 nitrogen and oxygen atoms in total. The number of para-hydroxylation sites is 1. The summed E-state index contributed by atoms with van der Waals surface area (Å²) in [6.07, 6.45) is -0.412. The van der Waals surface area contributed by atoms with E-state index in [2.05, 4.69) is 41.3 Å². The SMILES string of the molecule is COc1cc(Cl)ccc1O[C@@H](c1ccccc1)[C@@H]1CN(c2ccccc2)CCO1. The first-order valence-electron chi connectivity index (χ1n) is 9.71. The number of anilines is 1. The summed E-state index contributed by atoms with van der Waals surface area (Å²) < 4.78 is 18.1. The first-order chi connectivity index (χ1) is 14.2. The summed E-state index contributed by atoms with van der Waals surface area (Å²) in [4.78, 5) is 2.34. The zero-order valence-electron chi connectivity index (χ0n) is 16.3. The topological polar surface area (TPSA) is 30.9 Å². The molecule has 150 valence electrons. The van der Waals surface area contributed by atoms with Gasteiger partial charge in [0.1, 0.15) is 6.10 Å². The average molecular weight is 410 g/mol. The highest BCUT2D eigenvalue weighted by Gasteiger charge is 2.32. The maximum absolute atomic E-state index is 6.47. The first-order valence-corrected chi connectivity index (χ1v) is 10.1. The second kappa shape index (κ2) is 9.21. The molecule has 3 aromatic rings. The van der Waals surface area contributed by atoms with Crippen molar-refractivity contribution in [3.05, 3.63) is 89.4 Å². The molecule has 4 rings (SSSR count). The van der Waals surface area contributed by atoms with Crippen molar-refractivity contribution in [3.8, 4) is 11.5 Å². The number of ether oxygens (including phenoxy) is 3. The molecule has 1 saturated heterocycles. The summed E-state index contributed by atoms with van der Waals surface area (Å²) in [6, 6.07) is 26.0. The van der Waals surface area contributed by atoms with Crippen LogP contribution < -0.4 is 14.4 Å². The fourth-order valence-corrected chi connectivity index (χ4v) is 3.77. The van der Waals surface area contributed by atoms with Crippen molar-refractivity contribution < 1.29 is 14.2 Å². The van der Waals surface area contributed by atoms with Gasteiger partial charge in [-0.15, -0.1) is 0 Å². The van der Waals surface area contributed by atoms with E-state index >= 15 is 0 Å². The Morgan fingerprint density at radius 1 is 0.966 bits per heavy atom. The molecule has 0 unspecified atom stereocenters. The molecule has 2 atom stereocenters. The number of morpholine rings is 1. The van der Waals surface area contributed by atoms with Crippen LogP contribution in [0.5, 0.6) is 11.5 Å². The van der Waals surface area contributed by atoms with Crippen LogP contribution in [0.4, 0.5) is 5.69 Å². The fraction of sp³-hybridized carbons (Fsp3) is 0.250. The molecule has 5 heteroatoms. The predicted octanol–water partition coefficient (Wildman–Crippen LogP) is 5.37. The van der Waals surface area contributed by atoms with Crippen molar-refractivity contribution in [1.82, 2.24) is 0 Å². The van der Waals surface area contributed by atoms with Crippen molar-refractivity contribution in [3.63, 3.8) is 0 Å². The minimum Gasteiger partial charge on any atom is -0.493 e. The van der Waals surface area contributed by atoms with Crippen LogP contribution >= 0.6 is 11.6 Å². The van der Waals surface area contributed by atoms with Gasteiger partial charge in [-0.25, -0.2) is 0 Å². The third-order valence-electron chi connectivity index (χ3n) is 5.06. The van der Waals surface area contributed by atoms with E-state index in [1.165, 1.54) is 5.69 Å². The molecule has 0 aliphatic carbocycles. The molecule has 1 aliphatic rings. The number of methoxy groups -OCH3 is 1. The van der Waals surface area contributed by atoms with Crippen molar-refractivity contribution in [2.75, 3.05) is 31.7 Å². The van der Waals surface area contributed by atoms with Crippen LogP contribution in [0.3, 0.4) is 0 Å². The monoisotopic (exact) mass is 409 g/mol. The van der Waals surface area contributed by atoms with E-state index in [-0.39, 0.29) is 12.2 Å².